The van der Waals surface area contributed by atoms with E-state index in [4.69, 9.17) is 4.74 Å². The molecule has 146 valence electrons. The van der Waals surface area contributed by atoms with E-state index in [1.165, 1.54) is 15.9 Å². The first-order valence-corrected chi connectivity index (χ1v) is 12.3. The number of unbranched alkanes of at least 4 members (excludes halogenated alkanes) is 1. The van der Waals surface area contributed by atoms with E-state index >= 15 is 0 Å². The monoisotopic (exact) mass is 392 g/mol. The van der Waals surface area contributed by atoms with Crippen LogP contribution < -0.4 is 15.9 Å². The first-order chi connectivity index (χ1) is 13.8. The summed E-state index contributed by atoms with van der Waals surface area (Å²) in [5.41, 5.74) is 0. The van der Waals surface area contributed by atoms with E-state index in [0.29, 0.717) is 13.0 Å². The van der Waals surface area contributed by atoms with Crippen molar-refractivity contribution < 1.29 is 9.53 Å². The SMILES string of the molecule is CCOC(=O)CCCC[PH](c1ccccc1)(c1ccccc1)c1ccccc1. The summed E-state index contributed by atoms with van der Waals surface area (Å²) in [4.78, 5) is 11.8. The molecule has 0 amide bonds. The van der Waals surface area contributed by atoms with E-state index in [1.54, 1.807) is 0 Å². The van der Waals surface area contributed by atoms with Gasteiger partial charge in [0.15, 0.2) is 0 Å². The molecular formula is C25H29O2P. The number of esters is 1. The van der Waals surface area contributed by atoms with E-state index < -0.39 is 7.26 Å². The van der Waals surface area contributed by atoms with Crippen LogP contribution in [0.5, 0.6) is 0 Å². The molecule has 0 bridgehead atoms. The second-order valence-electron chi connectivity index (χ2n) is 7.02. The van der Waals surface area contributed by atoms with Crippen LogP contribution in [0.3, 0.4) is 0 Å². The van der Waals surface area contributed by atoms with Gasteiger partial charge < -0.3 is 0 Å². The van der Waals surface area contributed by atoms with Crippen molar-refractivity contribution in [1.29, 1.82) is 0 Å². The van der Waals surface area contributed by atoms with Gasteiger partial charge in [-0.2, -0.15) is 0 Å². The van der Waals surface area contributed by atoms with Gasteiger partial charge in [-0.1, -0.05) is 0 Å². The minimum absolute atomic E-state index is 0.0890. The van der Waals surface area contributed by atoms with E-state index in [2.05, 4.69) is 91.0 Å². The Morgan fingerprint density at radius 3 is 1.54 bits per heavy atom. The predicted octanol–water partition coefficient (Wildman–Crippen LogP) is 4.45. The molecule has 0 saturated heterocycles. The van der Waals surface area contributed by atoms with Gasteiger partial charge in [0.25, 0.3) is 0 Å². The fourth-order valence-corrected chi connectivity index (χ4v) is 8.92. The zero-order valence-electron chi connectivity index (χ0n) is 16.5. The minimum atomic E-state index is -2.17. The maximum absolute atomic E-state index is 11.8. The van der Waals surface area contributed by atoms with E-state index in [-0.39, 0.29) is 5.97 Å². The number of hydrogen-bond acceptors (Lipinski definition) is 2. The van der Waals surface area contributed by atoms with Crippen molar-refractivity contribution >= 4 is 29.1 Å². The van der Waals surface area contributed by atoms with Crippen LogP contribution in [0.2, 0.25) is 0 Å². The molecule has 0 unspecified atom stereocenters. The van der Waals surface area contributed by atoms with Crippen molar-refractivity contribution in [3.8, 4) is 0 Å². The molecule has 3 heteroatoms. The Labute approximate surface area is 168 Å². The molecule has 3 aromatic carbocycles. The summed E-state index contributed by atoms with van der Waals surface area (Å²) in [6.45, 7) is 2.31. The Kier molecular flexibility index (Phi) is 7.39. The third-order valence-electron chi connectivity index (χ3n) is 5.29. The quantitative estimate of drug-likeness (QED) is 0.306. The molecule has 28 heavy (non-hydrogen) atoms. The first kappa shape index (κ1) is 20.3. The number of ether oxygens (including phenoxy) is 1. The molecule has 0 aliphatic rings. The van der Waals surface area contributed by atoms with Gasteiger partial charge in [0.1, 0.15) is 0 Å². The van der Waals surface area contributed by atoms with Crippen LogP contribution in [0.25, 0.3) is 0 Å². The van der Waals surface area contributed by atoms with E-state index in [1.807, 2.05) is 6.92 Å². The van der Waals surface area contributed by atoms with Gasteiger partial charge in [-0.3, -0.25) is 0 Å². The van der Waals surface area contributed by atoms with Crippen LogP contribution in [0.15, 0.2) is 91.0 Å². The van der Waals surface area contributed by atoms with Crippen LogP contribution >= 0.6 is 7.26 Å². The van der Waals surface area contributed by atoms with Crippen LogP contribution in [0.1, 0.15) is 26.2 Å². The Bertz CT molecular complexity index is 751. The standard InChI is InChI=1S/C25H29O2P/c1-2-27-25(26)20-12-13-21-28(22-14-6-3-7-15-22,23-16-8-4-9-17-23)24-18-10-5-11-19-24/h3-11,14-19,28H,2,12-13,20-21H2,1H3. The fourth-order valence-electron chi connectivity index (χ4n) is 3.99. The van der Waals surface area contributed by atoms with Gasteiger partial charge in [-0.05, 0) is 0 Å². The summed E-state index contributed by atoms with van der Waals surface area (Å²) in [6, 6.07) is 32.7. The molecule has 0 saturated carbocycles. The van der Waals surface area contributed by atoms with Gasteiger partial charge in [0.05, 0.1) is 0 Å². The number of benzene rings is 3. The number of carbonyl (C=O) groups excluding carboxylic acids is 1. The average Bonchev–Trinajstić information content (AvgIpc) is 2.76. The molecule has 0 radical (unpaired) electrons. The molecular weight excluding hydrogens is 363 g/mol. The van der Waals surface area contributed by atoms with Crippen molar-refractivity contribution in [3.05, 3.63) is 91.0 Å². The van der Waals surface area contributed by atoms with E-state index in [9.17, 15) is 4.79 Å². The zero-order valence-corrected chi connectivity index (χ0v) is 17.5. The maximum atomic E-state index is 11.8. The average molecular weight is 392 g/mol. The molecule has 3 aromatic rings. The third-order valence-corrected chi connectivity index (χ3v) is 10.3. The Hall–Kier alpha value is -2.44. The van der Waals surface area contributed by atoms with Crippen molar-refractivity contribution in [3.63, 3.8) is 0 Å². The van der Waals surface area contributed by atoms with Crippen molar-refractivity contribution in [2.45, 2.75) is 26.2 Å². The summed E-state index contributed by atoms with van der Waals surface area (Å²) in [6.07, 6.45) is 3.44. The van der Waals surface area contributed by atoms with Crippen LogP contribution in [-0.2, 0) is 9.53 Å². The Morgan fingerprint density at radius 2 is 1.14 bits per heavy atom. The molecule has 0 spiro atoms. The molecule has 3 rings (SSSR count). The zero-order chi connectivity index (χ0) is 19.7. The first-order valence-electron chi connectivity index (χ1n) is 10.1. The molecule has 0 aliphatic carbocycles. The van der Waals surface area contributed by atoms with Gasteiger partial charge in [0, 0.05) is 0 Å². The summed E-state index contributed by atoms with van der Waals surface area (Å²) < 4.78 is 5.10. The molecule has 2 nitrogen and oxygen atoms in total. The van der Waals surface area contributed by atoms with Gasteiger partial charge in [0.2, 0.25) is 0 Å². The summed E-state index contributed by atoms with van der Waals surface area (Å²) in [5, 5.41) is 4.26. The number of rotatable bonds is 9. The normalized spacial score (nSPS) is 11.8. The second-order valence-corrected chi connectivity index (χ2v) is 11.1. The Morgan fingerprint density at radius 1 is 0.714 bits per heavy atom. The predicted molar refractivity (Wildman–Crippen MR) is 122 cm³/mol. The molecule has 0 aromatic heterocycles. The van der Waals surface area contributed by atoms with Crippen LogP contribution in [0.4, 0.5) is 0 Å². The van der Waals surface area contributed by atoms with Crippen LogP contribution in [0, 0.1) is 0 Å². The second kappa shape index (κ2) is 10.2. The summed E-state index contributed by atoms with van der Waals surface area (Å²) >= 11 is 0. The number of hydrogen-bond donors (Lipinski definition) is 0. The van der Waals surface area contributed by atoms with Gasteiger partial charge in [-0.15, -0.1) is 0 Å². The molecule has 0 heterocycles. The number of carbonyl (C=O) groups is 1. The van der Waals surface area contributed by atoms with Crippen molar-refractivity contribution in [1.82, 2.24) is 0 Å². The van der Waals surface area contributed by atoms with Crippen molar-refractivity contribution in [2.24, 2.45) is 0 Å². The molecule has 0 aliphatic heterocycles. The molecule has 0 atom stereocenters. The topological polar surface area (TPSA) is 26.3 Å². The fraction of sp³-hybridized carbons (Fsp3) is 0.240. The molecule has 0 fully saturated rings. The van der Waals surface area contributed by atoms with Gasteiger partial charge in [-0.25, -0.2) is 0 Å². The summed E-state index contributed by atoms with van der Waals surface area (Å²) in [5.74, 6) is -0.0890. The Balaban J connectivity index is 1.98. The molecule has 0 N–H and O–H groups in total. The van der Waals surface area contributed by atoms with Gasteiger partial charge >= 0.3 is 169 Å². The third kappa shape index (κ3) is 4.69. The van der Waals surface area contributed by atoms with Crippen molar-refractivity contribution in [2.75, 3.05) is 12.8 Å². The summed E-state index contributed by atoms with van der Waals surface area (Å²) in [7, 11) is -2.17. The van der Waals surface area contributed by atoms with E-state index in [0.717, 1.165) is 19.0 Å². The van der Waals surface area contributed by atoms with Crippen LogP contribution in [-0.4, -0.2) is 18.7 Å².